The lowest BCUT2D eigenvalue weighted by Gasteiger charge is -2.56. The second-order valence-electron chi connectivity index (χ2n) is 10.7. The minimum absolute atomic E-state index is 0.0527. The molecule has 5 heteroatoms. The molecule has 30 heavy (non-hydrogen) atoms. The van der Waals surface area contributed by atoms with E-state index in [9.17, 15) is 4.79 Å². The molecule has 162 valence electrons. The smallest absolute Gasteiger partial charge is 0.161 e. The van der Waals surface area contributed by atoms with Crippen LogP contribution in [-0.4, -0.2) is 61.5 Å². The van der Waals surface area contributed by atoms with Crippen molar-refractivity contribution >= 4 is 5.78 Å². The molecular weight excluding hydrogens is 376 g/mol. The lowest BCUT2D eigenvalue weighted by Crippen LogP contribution is -2.54. The van der Waals surface area contributed by atoms with Gasteiger partial charge in [0.15, 0.2) is 17.3 Å². The molecule has 0 amide bonds. The van der Waals surface area contributed by atoms with Crippen molar-refractivity contribution in [2.24, 2.45) is 23.2 Å². The summed E-state index contributed by atoms with van der Waals surface area (Å²) in [4.78, 5) is 18.3. The zero-order valence-electron chi connectivity index (χ0n) is 18.0. The molecule has 4 aliphatic carbocycles. The summed E-state index contributed by atoms with van der Waals surface area (Å²) in [5.41, 5.74) is 1.33. The SMILES string of the molecule is O=C(CN1CCN(Cc2ccc3c(c2)OCCO3)CC1)C12CC3CC(CC(C3)C1)C2. The zero-order valence-corrected chi connectivity index (χ0v) is 18.0. The van der Waals surface area contributed by atoms with Crippen LogP contribution in [0.15, 0.2) is 18.2 Å². The van der Waals surface area contributed by atoms with Gasteiger partial charge in [-0.15, -0.1) is 0 Å². The van der Waals surface area contributed by atoms with Crippen molar-refractivity contribution in [2.75, 3.05) is 45.9 Å². The van der Waals surface area contributed by atoms with Gasteiger partial charge in [-0.1, -0.05) is 6.07 Å². The van der Waals surface area contributed by atoms with Crippen LogP contribution in [0.5, 0.6) is 11.5 Å². The summed E-state index contributed by atoms with van der Waals surface area (Å²) >= 11 is 0. The Morgan fingerprint density at radius 2 is 1.47 bits per heavy atom. The molecule has 1 saturated heterocycles. The quantitative estimate of drug-likeness (QED) is 0.745. The number of rotatable bonds is 5. The molecule has 0 radical (unpaired) electrons. The summed E-state index contributed by atoms with van der Waals surface area (Å²) in [5.74, 6) is 4.85. The summed E-state index contributed by atoms with van der Waals surface area (Å²) in [6, 6.07) is 6.30. The van der Waals surface area contributed by atoms with Gasteiger partial charge in [-0.05, 0) is 74.0 Å². The van der Waals surface area contributed by atoms with Crippen LogP contribution >= 0.6 is 0 Å². The molecule has 6 aliphatic rings. The van der Waals surface area contributed by atoms with Gasteiger partial charge in [0.25, 0.3) is 0 Å². The lowest BCUT2D eigenvalue weighted by molar-refractivity contribution is -0.145. The summed E-state index contributed by atoms with van der Waals surface area (Å²) in [6.07, 6.45) is 7.81. The molecule has 5 fully saturated rings. The van der Waals surface area contributed by atoms with E-state index < -0.39 is 0 Å². The molecule has 0 N–H and O–H groups in total. The predicted octanol–water partition coefficient (Wildman–Crippen LogP) is 3.36. The highest BCUT2D eigenvalue weighted by Crippen LogP contribution is 2.60. The van der Waals surface area contributed by atoms with Crippen molar-refractivity contribution in [2.45, 2.75) is 45.1 Å². The standard InChI is InChI=1S/C25H34N2O3/c28-24(25-13-19-9-20(14-25)11-21(10-19)15-25)17-27-5-3-26(4-6-27)16-18-1-2-22-23(12-18)30-8-7-29-22/h1-2,12,19-21H,3-11,13-17H2. The number of nitrogens with zero attached hydrogens (tertiary/aromatic N) is 2. The number of ether oxygens (including phenoxy) is 2. The molecule has 1 aromatic carbocycles. The zero-order chi connectivity index (χ0) is 20.1. The molecule has 5 nitrogen and oxygen atoms in total. The molecule has 2 aliphatic heterocycles. The number of piperazine rings is 1. The van der Waals surface area contributed by atoms with Gasteiger partial charge in [-0.2, -0.15) is 0 Å². The Morgan fingerprint density at radius 1 is 0.867 bits per heavy atom. The van der Waals surface area contributed by atoms with Crippen LogP contribution in [0, 0.1) is 23.2 Å². The topological polar surface area (TPSA) is 42.0 Å². The molecular formula is C25H34N2O3. The van der Waals surface area contributed by atoms with E-state index in [1.54, 1.807) is 0 Å². The molecule has 0 unspecified atom stereocenters. The maximum Gasteiger partial charge on any atom is 0.161 e. The number of ketones is 1. The second kappa shape index (κ2) is 7.52. The van der Waals surface area contributed by atoms with E-state index in [0.717, 1.165) is 62.0 Å². The van der Waals surface area contributed by atoms with Crippen molar-refractivity contribution in [3.8, 4) is 11.5 Å². The van der Waals surface area contributed by atoms with Gasteiger partial charge < -0.3 is 9.47 Å². The third kappa shape index (κ3) is 3.54. The van der Waals surface area contributed by atoms with Crippen LogP contribution in [0.1, 0.15) is 44.1 Å². The highest BCUT2D eigenvalue weighted by molar-refractivity contribution is 5.87. The molecule has 4 bridgehead atoms. The van der Waals surface area contributed by atoms with Gasteiger partial charge in [0.1, 0.15) is 13.2 Å². The van der Waals surface area contributed by atoms with Gasteiger partial charge >= 0.3 is 0 Å². The molecule has 0 spiro atoms. The Balaban J connectivity index is 1.03. The Labute approximate surface area is 179 Å². The largest absolute Gasteiger partial charge is 0.486 e. The average Bonchev–Trinajstić information content (AvgIpc) is 2.74. The Bertz CT molecular complexity index is 779. The molecule has 0 atom stereocenters. The van der Waals surface area contributed by atoms with Crippen molar-refractivity contribution in [1.29, 1.82) is 0 Å². The van der Waals surface area contributed by atoms with Crippen molar-refractivity contribution in [3.05, 3.63) is 23.8 Å². The summed E-state index contributed by atoms with van der Waals surface area (Å²) in [5, 5.41) is 0. The van der Waals surface area contributed by atoms with E-state index in [-0.39, 0.29) is 5.41 Å². The molecule has 0 aromatic heterocycles. The van der Waals surface area contributed by atoms with E-state index >= 15 is 0 Å². The van der Waals surface area contributed by atoms with Crippen LogP contribution in [0.3, 0.4) is 0 Å². The highest BCUT2D eigenvalue weighted by atomic mass is 16.6. The van der Waals surface area contributed by atoms with E-state index in [0.29, 0.717) is 25.5 Å². The first-order valence-corrected chi connectivity index (χ1v) is 12.0. The minimum Gasteiger partial charge on any atom is -0.486 e. The molecule has 1 aromatic rings. The van der Waals surface area contributed by atoms with Crippen molar-refractivity contribution in [3.63, 3.8) is 0 Å². The van der Waals surface area contributed by atoms with Crippen LogP contribution in [0.2, 0.25) is 0 Å². The minimum atomic E-state index is 0.0527. The van der Waals surface area contributed by atoms with E-state index in [2.05, 4.69) is 21.9 Å². The second-order valence-corrected chi connectivity index (χ2v) is 10.7. The van der Waals surface area contributed by atoms with Gasteiger partial charge in [-0.25, -0.2) is 0 Å². The van der Waals surface area contributed by atoms with Crippen LogP contribution < -0.4 is 9.47 Å². The fraction of sp³-hybridized carbons (Fsp3) is 0.720. The van der Waals surface area contributed by atoms with Gasteiger partial charge in [-0.3, -0.25) is 14.6 Å². The highest BCUT2D eigenvalue weighted by Gasteiger charge is 2.54. The van der Waals surface area contributed by atoms with Crippen LogP contribution in [-0.2, 0) is 11.3 Å². The summed E-state index contributed by atoms with van der Waals surface area (Å²) in [7, 11) is 0. The number of Topliss-reactive ketones (excluding diaryl/α,β-unsaturated/α-hetero) is 1. The fourth-order valence-electron chi connectivity index (χ4n) is 7.37. The first kappa shape index (κ1) is 19.1. The van der Waals surface area contributed by atoms with Crippen molar-refractivity contribution < 1.29 is 14.3 Å². The number of hydrogen-bond acceptors (Lipinski definition) is 5. The fourth-order valence-corrected chi connectivity index (χ4v) is 7.37. The normalized spacial score (nSPS) is 35.5. The number of hydrogen-bond donors (Lipinski definition) is 0. The lowest BCUT2D eigenvalue weighted by atomic mass is 9.48. The predicted molar refractivity (Wildman–Crippen MR) is 115 cm³/mol. The van der Waals surface area contributed by atoms with E-state index in [4.69, 9.17) is 9.47 Å². The number of carbonyl (C=O) groups excluding carboxylic acids is 1. The Kier molecular flexibility index (Phi) is 4.80. The first-order valence-electron chi connectivity index (χ1n) is 12.0. The molecule has 7 rings (SSSR count). The molecule has 2 heterocycles. The van der Waals surface area contributed by atoms with Gasteiger partial charge in [0.05, 0.1) is 6.54 Å². The third-order valence-electron chi connectivity index (χ3n) is 8.47. The summed E-state index contributed by atoms with van der Waals surface area (Å²) < 4.78 is 11.4. The Morgan fingerprint density at radius 3 is 2.13 bits per heavy atom. The summed E-state index contributed by atoms with van der Waals surface area (Å²) in [6.45, 7) is 6.96. The third-order valence-corrected chi connectivity index (χ3v) is 8.47. The number of carbonyl (C=O) groups is 1. The van der Waals surface area contributed by atoms with Gasteiger partial charge in [0.2, 0.25) is 0 Å². The van der Waals surface area contributed by atoms with Gasteiger partial charge in [0, 0.05) is 38.1 Å². The van der Waals surface area contributed by atoms with E-state index in [1.807, 2.05) is 6.07 Å². The monoisotopic (exact) mass is 410 g/mol. The number of benzene rings is 1. The maximum absolute atomic E-state index is 13.4. The molecule has 4 saturated carbocycles. The Hall–Kier alpha value is -1.59. The van der Waals surface area contributed by atoms with Crippen LogP contribution in [0.25, 0.3) is 0 Å². The van der Waals surface area contributed by atoms with E-state index in [1.165, 1.54) is 44.1 Å². The van der Waals surface area contributed by atoms with Crippen LogP contribution in [0.4, 0.5) is 0 Å². The average molecular weight is 411 g/mol. The maximum atomic E-state index is 13.4. The first-order chi connectivity index (χ1) is 14.6. The van der Waals surface area contributed by atoms with Crippen molar-refractivity contribution in [1.82, 2.24) is 9.80 Å². The number of fused-ring (bicyclic) bond motifs is 1.